The zero-order chi connectivity index (χ0) is 19.2. The van der Waals surface area contributed by atoms with E-state index in [1.165, 1.54) is 37.2 Å². The monoisotopic (exact) mass is 373 g/mol. The van der Waals surface area contributed by atoms with Crippen LogP contribution < -0.4 is 10.6 Å². The van der Waals surface area contributed by atoms with E-state index in [-0.39, 0.29) is 23.2 Å². The molecule has 0 unspecified atom stereocenters. The Kier molecular flexibility index (Phi) is 6.11. The van der Waals surface area contributed by atoms with Crippen LogP contribution in [-0.4, -0.2) is 22.8 Å². The van der Waals surface area contributed by atoms with Gasteiger partial charge in [-0.15, -0.1) is 0 Å². The molecular formula is C20H21F2N3O2. The average Bonchev–Trinajstić information content (AvgIpc) is 2.93. The minimum absolute atomic E-state index is 0.0915. The molecule has 3 rings (SSSR count). The Labute approximate surface area is 156 Å². The zero-order valence-corrected chi connectivity index (χ0v) is 14.8. The Morgan fingerprint density at radius 3 is 2.30 bits per heavy atom. The molecule has 1 fully saturated rings. The summed E-state index contributed by atoms with van der Waals surface area (Å²) in [6.07, 6.45) is 7.74. The van der Waals surface area contributed by atoms with Crippen molar-refractivity contribution < 1.29 is 18.4 Å². The molecule has 0 bridgehead atoms. The maximum Gasteiger partial charge on any atom is 0.274 e. The predicted octanol–water partition coefficient (Wildman–Crippen LogP) is 4.06. The summed E-state index contributed by atoms with van der Waals surface area (Å²) in [4.78, 5) is 28.7. The summed E-state index contributed by atoms with van der Waals surface area (Å²) in [6, 6.07) is 6.24. The fourth-order valence-electron chi connectivity index (χ4n) is 3.18. The molecule has 1 aromatic heterocycles. The quantitative estimate of drug-likeness (QED) is 0.794. The molecule has 1 heterocycles. The SMILES string of the molecule is O=C(NC1CCCCCC1)c1ccnc(C(=O)Nc2c(F)cccc2F)c1. The minimum atomic E-state index is -0.884. The highest BCUT2D eigenvalue weighted by Gasteiger charge is 2.18. The van der Waals surface area contributed by atoms with Crippen molar-refractivity contribution in [2.45, 2.75) is 44.6 Å². The Balaban J connectivity index is 1.70. The second-order valence-corrected chi connectivity index (χ2v) is 6.64. The lowest BCUT2D eigenvalue weighted by Crippen LogP contribution is -2.34. The van der Waals surface area contributed by atoms with Crippen molar-refractivity contribution in [1.82, 2.24) is 10.3 Å². The first-order valence-corrected chi connectivity index (χ1v) is 9.07. The van der Waals surface area contributed by atoms with Gasteiger partial charge in [-0.2, -0.15) is 0 Å². The van der Waals surface area contributed by atoms with E-state index in [0.717, 1.165) is 37.8 Å². The lowest BCUT2D eigenvalue weighted by atomic mass is 10.1. The second kappa shape index (κ2) is 8.70. The number of hydrogen-bond acceptors (Lipinski definition) is 3. The van der Waals surface area contributed by atoms with Gasteiger partial charge in [-0.1, -0.05) is 31.7 Å². The number of amides is 2. The molecule has 142 valence electrons. The number of anilines is 1. The van der Waals surface area contributed by atoms with Gasteiger partial charge in [0.1, 0.15) is 23.0 Å². The van der Waals surface area contributed by atoms with Crippen LogP contribution in [0.5, 0.6) is 0 Å². The lowest BCUT2D eigenvalue weighted by Gasteiger charge is -2.16. The molecule has 7 heteroatoms. The molecule has 0 aliphatic heterocycles. The van der Waals surface area contributed by atoms with Gasteiger partial charge in [-0.05, 0) is 37.1 Å². The molecule has 1 aliphatic rings. The molecule has 2 N–H and O–H groups in total. The third-order valence-electron chi connectivity index (χ3n) is 4.65. The third kappa shape index (κ3) is 4.87. The minimum Gasteiger partial charge on any atom is -0.349 e. The third-order valence-corrected chi connectivity index (χ3v) is 4.65. The Bertz CT molecular complexity index is 813. The van der Waals surface area contributed by atoms with E-state index >= 15 is 0 Å². The molecule has 2 aromatic rings. The standard InChI is InChI=1S/C20H21F2N3O2/c21-15-8-5-9-16(22)18(15)25-20(27)17-12-13(10-11-23-17)19(26)24-14-6-3-1-2-4-7-14/h5,8-12,14H,1-4,6-7H2,(H,24,26)(H,25,27). The highest BCUT2D eigenvalue weighted by molar-refractivity contribution is 6.04. The number of aromatic nitrogens is 1. The number of halogens is 2. The van der Waals surface area contributed by atoms with Crippen molar-refractivity contribution in [3.8, 4) is 0 Å². The number of carbonyl (C=O) groups excluding carboxylic acids is 2. The molecule has 0 radical (unpaired) electrons. The number of benzene rings is 1. The van der Waals surface area contributed by atoms with Crippen LogP contribution in [0.15, 0.2) is 36.5 Å². The first-order valence-electron chi connectivity index (χ1n) is 9.07. The van der Waals surface area contributed by atoms with Crippen molar-refractivity contribution in [2.24, 2.45) is 0 Å². The molecular weight excluding hydrogens is 352 g/mol. The van der Waals surface area contributed by atoms with Crippen LogP contribution in [0.1, 0.15) is 59.4 Å². The molecule has 0 spiro atoms. The van der Waals surface area contributed by atoms with Crippen LogP contribution in [-0.2, 0) is 0 Å². The number of carbonyl (C=O) groups is 2. The number of nitrogens with zero attached hydrogens (tertiary/aromatic N) is 1. The number of pyridine rings is 1. The van der Waals surface area contributed by atoms with Gasteiger partial charge >= 0.3 is 0 Å². The van der Waals surface area contributed by atoms with E-state index in [2.05, 4.69) is 15.6 Å². The van der Waals surface area contributed by atoms with Gasteiger partial charge in [-0.25, -0.2) is 8.78 Å². The first kappa shape index (κ1) is 18.9. The maximum absolute atomic E-state index is 13.7. The van der Waals surface area contributed by atoms with Gasteiger partial charge in [0.25, 0.3) is 11.8 Å². The molecule has 0 atom stereocenters. The van der Waals surface area contributed by atoms with E-state index in [1.807, 2.05) is 0 Å². The largest absolute Gasteiger partial charge is 0.349 e. The summed E-state index contributed by atoms with van der Waals surface area (Å²) in [6.45, 7) is 0. The normalized spacial score (nSPS) is 15.0. The summed E-state index contributed by atoms with van der Waals surface area (Å²) in [5.74, 6) is -2.84. The van der Waals surface area contributed by atoms with Crippen LogP contribution in [0.3, 0.4) is 0 Å². The highest BCUT2D eigenvalue weighted by Crippen LogP contribution is 2.19. The lowest BCUT2D eigenvalue weighted by molar-refractivity contribution is 0.0933. The van der Waals surface area contributed by atoms with E-state index in [9.17, 15) is 18.4 Å². The molecule has 5 nitrogen and oxygen atoms in total. The Morgan fingerprint density at radius 2 is 1.63 bits per heavy atom. The van der Waals surface area contributed by atoms with Crippen LogP contribution in [0.4, 0.5) is 14.5 Å². The van der Waals surface area contributed by atoms with Crippen LogP contribution in [0, 0.1) is 11.6 Å². The predicted molar refractivity (Wildman–Crippen MR) is 97.5 cm³/mol. The van der Waals surface area contributed by atoms with Gasteiger partial charge in [0.05, 0.1) is 0 Å². The van der Waals surface area contributed by atoms with Crippen LogP contribution in [0.25, 0.3) is 0 Å². The summed E-state index contributed by atoms with van der Waals surface area (Å²) in [5.41, 5.74) is -0.350. The maximum atomic E-state index is 13.7. The van der Waals surface area contributed by atoms with Crippen molar-refractivity contribution >= 4 is 17.5 Å². The van der Waals surface area contributed by atoms with Crippen molar-refractivity contribution in [1.29, 1.82) is 0 Å². The van der Waals surface area contributed by atoms with Crippen molar-refractivity contribution in [3.63, 3.8) is 0 Å². The van der Waals surface area contributed by atoms with E-state index in [1.54, 1.807) is 0 Å². The number of rotatable bonds is 4. The molecule has 2 amide bonds. The fraction of sp³-hybridized carbons (Fsp3) is 0.350. The summed E-state index contributed by atoms with van der Waals surface area (Å²) in [5, 5.41) is 5.16. The Hall–Kier alpha value is -2.83. The summed E-state index contributed by atoms with van der Waals surface area (Å²) in [7, 11) is 0. The van der Waals surface area contributed by atoms with Gasteiger partial charge in [0.15, 0.2) is 0 Å². The number of hydrogen-bond donors (Lipinski definition) is 2. The Morgan fingerprint density at radius 1 is 0.963 bits per heavy atom. The summed E-state index contributed by atoms with van der Waals surface area (Å²) < 4.78 is 27.4. The fourth-order valence-corrected chi connectivity index (χ4v) is 3.18. The van der Waals surface area contributed by atoms with Gasteiger partial charge < -0.3 is 10.6 Å². The van der Waals surface area contributed by atoms with Gasteiger partial charge in [0.2, 0.25) is 0 Å². The molecule has 1 aliphatic carbocycles. The smallest absolute Gasteiger partial charge is 0.274 e. The highest BCUT2D eigenvalue weighted by atomic mass is 19.1. The summed E-state index contributed by atoms with van der Waals surface area (Å²) >= 11 is 0. The van der Waals surface area contributed by atoms with Crippen molar-refractivity contribution in [2.75, 3.05) is 5.32 Å². The second-order valence-electron chi connectivity index (χ2n) is 6.64. The van der Waals surface area contributed by atoms with Crippen LogP contribution >= 0.6 is 0 Å². The van der Waals surface area contributed by atoms with Gasteiger partial charge in [-0.3, -0.25) is 14.6 Å². The molecule has 27 heavy (non-hydrogen) atoms. The van der Waals surface area contributed by atoms with E-state index in [0.29, 0.717) is 0 Å². The topological polar surface area (TPSA) is 71.1 Å². The average molecular weight is 373 g/mol. The molecule has 1 saturated carbocycles. The molecule has 0 saturated heterocycles. The number of para-hydroxylation sites is 1. The number of nitrogens with one attached hydrogen (secondary N) is 2. The molecule has 1 aromatic carbocycles. The van der Waals surface area contributed by atoms with E-state index < -0.39 is 23.2 Å². The first-order chi connectivity index (χ1) is 13.0. The van der Waals surface area contributed by atoms with Crippen LogP contribution in [0.2, 0.25) is 0 Å². The zero-order valence-electron chi connectivity index (χ0n) is 14.8. The van der Waals surface area contributed by atoms with E-state index in [4.69, 9.17) is 0 Å². The van der Waals surface area contributed by atoms with Crippen molar-refractivity contribution in [3.05, 3.63) is 59.4 Å². The van der Waals surface area contributed by atoms with Gasteiger partial charge in [0, 0.05) is 17.8 Å².